The first-order valence-electron chi connectivity index (χ1n) is 6.96. The fourth-order valence-electron chi connectivity index (χ4n) is 1.86. The summed E-state index contributed by atoms with van der Waals surface area (Å²) >= 11 is 1.19. The molecule has 1 heterocycles. The summed E-state index contributed by atoms with van der Waals surface area (Å²) in [5.41, 5.74) is 4.23. The van der Waals surface area contributed by atoms with Gasteiger partial charge in [0.25, 0.3) is 11.6 Å². The van der Waals surface area contributed by atoms with E-state index in [0.29, 0.717) is 10.7 Å². The van der Waals surface area contributed by atoms with Gasteiger partial charge in [-0.3, -0.25) is 14.9 Å². The maximum Gasteiger partial charge on any atom is 0.278 e. The van der Waals surface area contributed by atoms with Gasteiger partial charge in [-0.15, -0.1) is 0 Å². The number of nitrogens with one attached hydrogen (secondary N) is 1. The first kappa shape index (κ1) is 17.5. The number of thioether (sulfide) groups is 1. The first-order valence-corrected chi connectivity index (χ1v) is 7.94. The molecule has 0 atom stereocenters. The van der Waals surface area contributed by atoms with Crippen LogP contribution in [0.25, 0.3) is 0 Å². The second-order valence-corrected chi connectivity index (χ2v) is 5.77. The summed E-state index contributed by atoms with van der Waals surface area (Å²) < 4.78 is 0. The highest BCUT2D eigenvalue weighted by atomic mass is 32.2. The Hall–Kier alpha value is -2.81. The van der Waals surface area contributed by atoms with E-state index in [-0.39, 0.29) is 17.3 Å². The maximum atomic E-state index is 11.8. The number of aryl methyl sites for hydroxylation is 2. The van der Waals surface area contributed by atoms with Crippen molar-refractivity contribution in [3.63, 3.8) is 0 Å². The molecule has 0 unspecified atom stereocenters. The zero-order valence-electron chi connectivity index (χ0n) is 13.1. The molecule has 0 aliphatic heterocycles. The number of hydrazone groups is 1. The summed E-state index contributed by atoms with van der Waals surface area (Å²) in [4.78, 5) is 30.6. The van der Waals surface area contributed by atoms with E-state index in [4.69, 9.17) is 0 Å². The maximum absolute atomic E-state index is 11.8. The number of aromatic nitrogens is 2. The van der Waals surface area contributed by atoms with E-state index < -0.39 is 4.92 Å². The standard InChI is InChI=1S/C15H15N5O3S/c1-10-7-11(2)18-15(17-10)24-9-14(21)19-16-8-12-5-3-4-6-13(12)20(22)23/h3-8H,9H2,1-2H3,(H,19,21)/b16-8-. The minimum atomic E-state index is -0.504. The van der Waals surface area contributed by atoms with Crippen LogP contribution in [0.2, 0.25) is 0 Å². The molecule has 0 aliphatic carbocycles. The minimum absolute atomic E-state index is 0.0755. The van der Waals surface area contributed by atoms with Crippen molar-refractivity contribution in [3.05, 3.63) is 57.4 Å². The van der Waals surface area contributed by atoms with Crippen molar-refractivity contribution in [1.82, 2.24) is 15.4 Å². The van der Waals surface area contributed by atoms with Gasteiger partial charge in [-0.1, -0.05) is 23.9 Å². The van der Waals surface area contributed by atoms with E-state index in [2.05, 4.69) is 20.5 Å². The summed E-state index contributed by atoms with van der Waals surface area (Å²) in [6.45, 7) is 3.71. The van der Waals surface area contributed by atoms with Crippen LogP contribution in [0.4, 0.5) is 5.69 Å². The normalized spacial score (nSPS) is 10.8. The van der Waals surface area contributed by atoms with Crippen molar-refractivity contribution in [1.29, 1.82) is 0 Å². The van der Waals surface area contributed by atoms with Crippen LogP contribution in [0.5, 0.6) is 0 Å². The van der Waals surface area contributed by atoms with Gasteiger partial charge in [-0.25, -0.2) is 15.4 Å². The first-order chi connectivity index (χ1) is 11.5. The molecular weight excluding hydrogens is 330 g/mol. The van der Waals surface area contributed by atoms with Crippen LogP contribution in [0.1, 0.15) is 17.0 Å². The van der Waals surface area contributed by atoms with Crippen molar-refractivity contribution in [2.75, 3.05) is 5.75 Å². The van der Waals surface area contributed by atoms with E-state index >= 15 is 0 Å². The third-order valence-corrected chi connectivity index (χ3v) is 3.67. The molecule has 1 aromatic heterocycles. The number of hydrogen-bond donors (Lipinski definition) is 1. The fourth-order valence-corrected chi connectivity index (χ4v) is 2.60. The predicted octanol–water partition coefficient (Wildman–Crippen LogP) is 2.24. The zero-order chi connectivity index (χ0) is 17.5. The molecule has 24 heavy (non-hydrogen) atoms. The molecule has 9 heteroatoms. The van der Waals surface area contributed by atoms with Crippen LogP contribution in [0.3, 0.4) is 0 Å². The number of carbonyl (C=O) groups excluding carboxylic acids is 1. The lowest BCUT2D eigenvalue weighted by atomic mass is 10.2. The van der Waals surface area contributed by atoms with Crippen molar-refractivity contribution >= 4 is 29.6 Å². The van der Waals surface area contributed by atoms with Crippen LogP contribution in [0, 0.1) is 24.0 Å². The van der Waals surface area contributed by atoms with Crippen molar-refractivity contribution in [2.45, 2.75) is 19.0 Å². The van der Waals surface area contributed by atoms with Gasteiger partial charge in [0.2, 0.25) is 0 Å². The second kappa shape index (κ2) is 8.16. The van der Waals surface area contributed by atoms with Gasteiger partial charge in [0, 0.05) is 17.5 Å². The number of carbonyl (C=O) groups is 1. The Kier molecular flexibility index (Phi) is 5.96. The van der Waals surface area contributed by atoms with E-state index in [1.807, 2.05) is 19.9 Å². The van der Waals surface area contributed by atoms with Gasteiger partial charge in [-0.05, 0) is 26.0 Å². The lowest BCUT2D eigenvalue weighted by Gasteiger charge is -2.02. The Morgan fingerprint density at radius 1 is 1.33 bits per heavy atom. The van der Waals surface area contributed by atoms with Gasteiger partial charge >= 0.3 is 0 Å². The predicted molar refractivity (Wildman–Crippen MR) is 91.1 cm³/mol. The third kappa shape index (κ3) is 5.13. The molecule has 1 aromatic carbocycles. The largest absolute Gasteiger partial charge is 0.278 e. The van der Waals surface area contributed by atoms with Crippen molar-refractivity contribution in [3.8, 4) is 0 Å². The summed E-state index contributed by atoms with van der Waals surface area (Å²) in [6.07, 6.45) is 1.24. The quantitative estimate of drug-likeness (QED) is 0.283. The molecule has 2 aromatic rings. The summed E-state index contributed by atoms with van der Waals surface area (Å²) in [5, 5.41) is 15.1. The van der Waals surface area contributed by atoms with E-state index in [9.17, 15) is 14.9 Å². The number of hydrogen-bond acceptors (Lipinski definition) is 7. The topological polar surface area (TPSA) is 110 Å². The number of benzene rings is 1. The summed E-state index contributed by atoms with van der Waals surface area (Å²) in [6, 6.07) is 7.99. The molecular formula is C15H15N5O3S. The van der Waals surface area contributed by atoms with E-state index in [1.165, 1.54) is 24.0 Å². The van der Waals surface area contributed by atoms with Crippen molar-refractivity contribution in [2.24, 2.45) is 5.10 Å². The van der Waals surface area contributed by atoms with Crippen LogP contribution >= 0.6 is 11.8 Å². The van der Waals surface area contributed by atoms with Gasteiger partial charge in [0.1, 0.15) is 0 Å². The Morgan fingerprint density at radius 3 is 2.67 bits per heavy atom. The Balaban J connectivity index is 1.90. The molecule has 0 saturated carbocycles. The fraction of sp³-hybridized carbons (Fsp3) is 0.200. The number of nitro benzene ring substituents is 1. The highest BCUT2D eigenvalue weighted by Gasteiger charge is 2.10. The molecule has 0 saturated heterocycles. The molecule has 0 fully saturated rings. The monoisotopic (exact) mass is 345 g/mol. The van der Waals surface area contributed by atoms with Gasteiger partial charge in [0.15, 0.2) is 5.16 Å². The molecule has 1 N–H and O–H groups in total. The molecule has 0 spiro atoms. The average Bonchev–Trinajstić information content (AvgIpc) is 2.52. The Bertz CT molecular complexity index is 774. The van der Waals surface area contributed by atoms with Crippen molar-refractivity contribution < 1.29 is 9.72 Å². The Morgan fingerprint density at radius 2 is 2.00 bits per heavy atom. The van der Waals surface area contributed by atoms with Crippen LogP contribution in [-0.4, -0.2) is 32.8 Å². The third-order valence-electron chi connectivity index (χ3n) is 2.82. The number of rotatable bonds is 6. The molecule has 8 nitrogen and oxygen atoms in total. The summed E-state index contributed by atoms with van der Waals surface area (Å²) in [5.74, 6) is -0.255. The van der Waals surface area contributed by atoms with Crippen LogP contribution in [0.15, 0.2) is 40.6 Å². The SMILES string of the molecule is Cc1cc(C)nc(SCC(=O)N/N=C\c2ccccc2[N+](=O)[O-])n1. The lowest BCUT2D eigenvalue weighted by molar-refractivity contribution is -0.385. The highest BCUT2D eigenvalue weighted by molar-refractivity contribution is 7.99. The molecule has 0 radical (unpaired) electrons. The molecule has 0 aliphatic rings. The number of nitrogens with zero attached hydrogens (tertiary/aromatic N) is 4. The molecule has 124 valence electrons. The smallest absolute Gasteiger partial charge is 0.272 e. The zero-order valence-corrected chi connectivity index (χ0v) is 13.9. The molecule has 1 amide bonds. The van der Waals surface area contributed by atoms with Crippen LogP contribution in [-0.2, 0) is 4.79 Å². The average molecular weight is 345 g/mol. The van der Waals surface area contributed by atoms with E-state index in [0.717, 1.165) is 11.4 Å². The molecule has 0 bridgehead atoms. The Labute approximate surface area is 142 Å². The molecule has 2 rings (SSSR count). The van der Waals surface area contributed by atoms with Gasteiger partial charge in [0.05, 0.1) is 22.5 Å². The summed E-state index contributed by atoms with van der Waals surface area (Å²) in [7, 11) is 0. The van der Waals surface area contributed by atoms with Gasteiger partial charge in [-0.2, -0.15) is 5.10 Å². The number of para-hydroxylation sites is 1. The number of nitro groups is 1. The highest BCUT2D eigenvalue weighted by Crippen LogP contribution is 2.15. The lowest BCUT2D eigenvalue weighted by Crippen LogP contribution is -2.20. The van der Waals surface area contributed by atoms with Gasteiger partial charge < -0.3 is 0 Å². The number of amides is 1. The minimum Gasteiger partial charge on any atom is -0.272 e. The van der Waals surface area contributed by atoms with Crippen LogP contribution < -0.4 is 5.43 Å². The second-order valence-electron chi connectivity index (χ2n) is 4.83. The van der Waals surface area contributed by atoms with E-state index in [1.54, 1.807) is 18.2 Å².